The lowest BCUT2D eigenvalue weighted by Crippen LogP contribution is -2.58. The van der Waals surface area contributed by atoms with Gasteiger partial charge in [-0.1, -0.05) is 6.92 Å². The topological polar surface area (TPSA) is 117 Å². The van der Waals surface area contributed by atoms with Crippen LogP contribution >= 0.6 is 0 Å². The molecule has 1 aromatic rings. The molecule has 3 amide bonds. The molecule has 4 rings (SSSR count). The van der Waals surface area contributed by atoms with Crippen molar-refractivity contribution in [3.63, 3.8) is 0 Å². The highest BCUT2D eigenvalue weighted by molar-refractivity contribution is 6.02. The molecule has 0 saturated carbocycles. The highest BCUT2D eigenvalue weighted by atomic mass is 16.5. The van der Waals surface area contributed by atoms with Crippen molar-refractivity contribution in [2.45, 2.75) is 90.0 Å². The Hall–Kier alpha value is -2.65. The summed E-state index contributed by atoms with van der Waals surface area (Å²) in [5.41, 5.74) is -1.83. The van der Waals surface area contributed by atoms with Gasteiger partial charge in [0.25, 0.3) is 0 Å². The van der Waals surface area contributed by atoms with Gasteiger partial charge in [0.05, 0.1) is 24.0 Å². The zero-order valence-electron chi connectivity index (χ0n) is 23.5. The van der Waals surface area contributed by atoms with Crippen molar-refractivity contribution < 1.29 is 29.0 Å². The molecule has 3 N–H and O–H groups in total. The number of fused-ring (bicyclic) bond motifs is 1. The molecule has 1 aromatic carbocycles. The number of carbonyl (C=O) groups is 3. The predicted octanol–water partition coefficient (Wildman–Crippen LogP) is 3.11. The van der Waals surface area contributed by atoms with Gasteiger partial charge in [0.15, 0.2) is 0 Å². The number of anilines is 1. The van der Waals surface area contributed by atoms with E-state index >= 15 is 0 Å². The molecule has 9 nitrogen and oxygen atoms in total. The number of hydrogen-bond donors (Lipinski definition) is 3. The first kappa shape index (κ1) is 28.4. The summed E-state index contributed by atoms with van der Waals surface area (Å²) in [5.74, 6) is -1.53. The third-order valence-electron chi connectivity index (χ3n) is 8.33. The van der Waals surface area contributed by atoms with Gasteiger partial charge in [-0.05, 0) is 90.5 Å². The van der Waals surface area contributed by atoms with E-state index in [1.807, 2.05) is 41.5 Å². The fourth-order valence-corrected chi connectivity index (χ4v) is 6.71. The van der Waals surface area contributed by atoms with Crippen LogP contribution in [0.25, 0.3) is 0 Å². The van der Waals surface area contributed by atoms with Crippen LogP contribution in [0.3, 0.4) is 0 Å². The van der Waals surface area contributed by atoms with Crippen LogP contribution in [0.1, 0.15) is 67.2 Å². The summed E-state index contributed by atoms with van der Waals surface area (Å²) in [4.78, 5) is 43.3. The fraction of sp³-hybridized carbons (Fsp3) is 0.690. The molecule has 1 spiro atoms. The molecule has 3 saturated heterocycles. The van der Waals surface area contributed by atoms with Gasteiger partial charge >= 0.3 is 0 Å². The normalized spacial score (nSPS) is 31.9. The smallest absolute Gasteiger partial charge is 0.246 e. The number of likely N-dealkylation sites (tertiary alicyclic amines) is 1. The Morgan fingerprint density at radius 2 is 1.84 bits per heavy atom. The first-order chi connectivity index (χ1) is 17.9. The van der Waals surface area contributed by atoms with E-state index in [9.17, 15) is 19.5 Å². The van der Waals surface area contributed by atoms with Crippen molar-refractivity contribution in [3.8, 4) is 5.75 Å². The third kappa shape index (κ3) is 4.91. The zero-order valence-corrected chi connectivity index (χ0v) is 23.5. The molecule has 0 aliphatic carbocycles. The minimum absolute atomic E-state index is 0.0260. The second kappa shape index (κ2) is 10.5. The SMILES string of the molecule is CCOc1ccc(NC(=O)[C@@H]2[C@H]3C(=O)N(CCCCCO)C(C(=O)NC(C)(C)C)C34CC(C)[C@@]2(C)O4)cc1. The van der Waals surface area contributed by atoms with E-state index in [1.54, 1.807) is 29.2 Å². The standard InChI is InChI=1S/C29H43N3O6/c1-7-37-20-13-11-19(12-14-20)30-24(34)21-22-26(36)32(15-9-8-10-16-33)23(25(35)31-27(3,4)5)29(22)17-18(2)28(21,6)38-29/h11-14,18,21-23,33H,7-10,15-17H2,1-6H3,(H,30,34)(H,31,35)/t18?,21-,22-,23?,28+,29?/m0/s1. The van der Waals surface area contributed by atoms with Crippen molar-refractivity contribution in [1.29, 1.82) is 0 Å². The highest BCUT2D eigenvalue weighted by Gasteiger charge is 2.79. The lowest BCUT2D eigenvalue weighted by atomic mass is 9.62. The number of nitrogens with zero attached hydrogens (tertiary/aromatic N) is 1. The van der Waals surface area contributed by atoms with E-state index in [2.05, 4.69) is 10.6 Å². The van der Waals surface area contributed by atoms with Gasteiger partial charge < -0.3 is 30.1 Å². The molecule has 3 unspecified atom stereocenters. The highest BCUT2D eigenvalue weighted by Crippen LogP contribution is 2.65. The molecular weight excluding hydrogens is 486 g/mol. The lowest BCUT2D eigenvalue weighted by molar-refractivity contribution is -0.147. The van der Waals surface area contributed by atoms with E-state index in [4.69, 9.17) is 9.47 Å². The number of unbranched alkanes of at least 4 members (excludes halogenated alkanes) is 2. The molecule has 210 valence electrons. The third-order valence-corrected chi connectivity index (χ3v) is 8.33. The lowest BCUT2D eigenvalue weighted by Gasteiger charge is -2.37. The van der Waals surface area contributed by atoms with Crippen LogP contribution in [0.5, 0.6) is 5.75 Å². The molecule has 38 heavy (non-hydrogen) atoms. The van der Waals surface area contributed by atoms with E-state index in [0.717, 1.165) is 6.42 Å². The van der Waals surface area contributed by atoms with Crippen LogP contribution < -0.4 is 15.4 Å². The van der Waals surface area contributed by atoms with Crippen molar-refractivity contribution in [2.24, 2.45) is 17.8 Å². The van der Waals surface area contributed by atoms with Crippen LogP contribution in [0.4, 0.5) is 5.69 Å². The second-order valence-corrected chi connectivity index (χ2v) is 12.2. The average molecular weight is 530 g/mol. The van der Waals surface area contributed by atoms with Crippen molar-refractivity contribution in [1.82, 2.24) is 10.2 Å². The zero-order chi connectivity index (χ0) is 27.9. The number of ether oxygens (including phenoxy) is 2. The van der Waals surface area contributed by atoms with Gasteiger partial charge in [0.2, 0.25) is 17.7 Å². The molecule has 3 aliphatic rings. The molecule has 6 atom stereocenters. The number of amides is 3. The van der Waals surface area contributed by atoms with Crippen LogP contribution in [0.2, 0.25) is 0 Å². The first-order valence-electron chi connectivity index (χ1n) is 13.8. The Labute approximate surface area is 225 Å². The Bertz CT molecular complexity index is 1050. The maximum atomic E-state index is 14.1. The number of benzene rings is 1. The van der Waals surface area contributed by atoms with E-state index in [-0.39, 0.29) is 30.2 Å². The van der Waals surface area contributed by atoms with Gasteiger partial charge in [-0.3, -0.25) is 14.4 Å². The average Bonchev–Trinajstić information content (AvgIpc) is 3.34. The molecule has 0 radical (unpaired) electrons. The summed E-state index contributed by atoms with van der Waals surface area (Å²) in [6.45, 7) is 12.6. The van der Waals surface area contributed by atoms with Crippen molar-refractivity contribution >= 4 is 23.4 Å². The summed E-state index contributed by atoms with van der Waals surface area (Å²) >= 11 is 0. The Morgan fingerprint density at radius 3 is 2.45 bits per heavy atom. The molecule has 3 aliphatic heterocycles. The molecule has 9 heteroatoms. The van der Waals surface area contributed by atoms with Crippen LogP contribution in [0.15, 0.2) is 24.3 Å². The van der Waals surface area contributed by atoms with Gasteiger partial charge in [0, 0.05) is 24.4 Å². The Kier molecular flexibility index (Phi) is 7.83. The summed E-state index contributed by atoms with van der Waals surface area (Å²) in [5, 5.41) is 15.3. The molecule has 3 heterocycles. The Morgan fingerprint density at radius 1 is 1.16 bits per heavy atom. The summed E-state index contributed by atoms with van der Waals surface area (Å²) < 4.78 is 12.2. The molecular formula is C29H43N3O6. The molecule has 3 fully saturated rings. The number of aliphatic hydroxyl groups is 1. The fourth-order valence-electron chi connectivity index (χ4n) is 6.71. The van der Waals surface area contributed by atoms with Gasteiger partial charge in [-0.25, -0.2) is 0 Å². The van der Waals surface area contributed by atoms with Gasteiger partial charge in [0.1, 0.15) is 17.4 Å². The minimum Gasteiger partial charge on any atom is -0.494 e. The number of nitrogens with one attached hydrogen (secondary N) is 2. The summed E-state index contributed by atoms with van der Waals surface area (Å²) in [6, 6.07) is 6.33. The quantitative estimate of drug-likeness (QED) is 0.401. The van der Waals surface area contributed by atoms with E-state index < -0.39 is 34.6 Å². The van der Waals surface area contributed by atoms with E-state index in [1.165, 1.54) is 0 Å². The largest absolute Gasteiger partial charge is 0.494 e. The van der Waals surface area contributed by atoms with Crippen molar-refractivity contribution in [3.05, 3.63) is 24.3 Å². The maximum Gasteiger partial charge on any atom is 0.246 e. The first-order valence-corrected chi connectivity index (χ1v) is 13.8. The summed E-state index contributed by atoms with van der Waals surface area (Å²) in [7, 11) is 0. The number of carbonyl (C=O) groups excluding carboxylic acids is 3. The van der Waals surface area contributed by atoms with Crippen LogP contribution in [-0.2, 0) is 19.1 Å². The number of rotatable bonds is 10. The summed E-state index contributed by atoms with van der Waals surface area (Å²) in [6.07, 6.45) is 2.56. The minimum atomic E-state index is -1.07. The van der Waals surface area contributed by atoms with Crippen molar-refractivity contribution in [2.75, 3.05) is 25.1 Å². The molecule has 2 bridgehead atoms. The second-order valence-electron chi connectivity index (χ2n) is 12.2. The predicted molar refractivity (Wildman–Crippen MR) is 144 cm³/mol. The van der Waals surface area contributed by atoms with Crippen LogP contribution in [0, 0.1) is 17.8 Å². The van der Waals surface area contributed by atoms with Gasteiger partial charge in [-0.2, -0.15) is 0 Å². The number of hydrogen-bond acceptors (Lipinski definition) is 6. The maximum absolute atomic E-state index is 14.1. The Balaban J connectivity index is 1.66. The van der Waals surface area contributed by atoms with Crippen LogP contribution in [-0.4, -0.2) is 70.3 Å². The monoisotopic (exact) mass is 529 g/mol. The van der Waals surface area contributed by atoms with Gasteiger partial charge in [-0.15, -0.1) is 0 Å². The van der Waals surface area contributed by atoms with E-state index in [0.29, 0.717) is 43.9 Å². The molecule has 0 aromatic heterocycles. The number of aliphatic hydroxyl groups excluding tert-OH is 1.